The number of nitrogens with one attached hydrogen (secondary N) is 2. The van der Waals surface area contributed by atoms with Gasteiger partial charge in [-0.3, -0.25) is 19.4 Å². The predicted octanol–water partition coefficient (Wildman–Crippen LogP) is 4.30. The van der Waals surface area contributed by atoms with Crippen molar-refractivity contribution in [3.05, 3.63) is 106 Å². The number of halogens is 1. The molecule has 194 valence electrons. The Balaban J connectivity index is 1.27. The number of nitrogens with zero attached hydrogens (tertiary/aromatic N) is 5. The highest BCUT2D eigenvalue weighted by atomic mass is 35.5. The third-order valence-electron chi connectivity index (χ3n) is 6.36. The number of aromatic nitrogens is 4. The Labute approximate surface area is 231 Å². The number of fused-ring (bicyclic) bond motifs is 2. The van der Waals surface area contributed by atoms with Crippen LogP contribution in [0.15, 0.2) is 78.8 Å². The molecule has 1 aliphatic rings. The van der Waals surface area contributed by atoms with Crippen LogP contribution in [-0.4, -0.2) is 48.0 Å². The van der Waals surface area contributed by atoms with E-state index in [9.17, 15) is 14.4 Å². The fraction of sp³-hybridized carbons (Fsp3) is 0.111. The van der Waals surface area contributed by atoms with E-state index in [1.54, 1.807) is 71.1 Å². The molecule has 0 radical (unpaired) electrons. The van der Waals surface area contributed by atoms with Crippen molar-refractivity contribution in [2.24, 2.45) is 0 Å². The minimum Gasteiger partial charge on any atom is -0.323 e. The van der Waals surface area contributed by atoms with Gasteiger partial charge in [0.25, 0.3) is 11.8 Å². The minimum absolute atomic E-state index is 0.109. The zero-order valence-electron chi connectivity index (χ0n) is 20.2. The van der Waals surface area contributed by atoms with E-state index in [1.165, 1.54) is 16.2 Å². The summed E-state index contributed by atoms with van der Waals surface area (Å²) in [6.07, 6.45) is 8.54. The average molecular weight is 558 g/mol. The van der Waals surface area contributed by atoms with Gasteiger partial charge in [-0.25, -0.2) is 9.97 Å². The predicted molar refractivity (Wildman–Crippen MR) is 147 cm³/mol. The molecule has 12 heteroatoms. The molecule has 3 amide bonds. The number of imidazole rings is 1. The number of amides is 3. The van der Waals surface area contributed by atoms with E-state index >= 15 is 0 Å². The highest BCUT2D eigenvalue weighted by Gasteiger charge is 2.36. The highest BCUT2D eigenvalue weighted by Crippen LogP contribution is 2.31. The summed E-state index contributed by atoms with van der Waals surface area (Å²) in [5.74, 6) is -0.709. The van der Waals surface area contributed by atoms with Gasteiger partial charge >= 0.3 is 0 Å². The monoisotopic (exact) mass is 557 g/mol. The number of anilines is 2. The van der Waals surface area contributed by atoms with Crippen molar-refractivity contribution in [1.29, 1.82) is 0 Å². The minimum atomic E-state index is -0.796. The summed E-state index contributed by atoms with van der Waals surface area (Å²) in [6, 6.07) is 11.3. The first-order valence-electron chi connectivity index (χ1n) is 11.9. The quantitative estimate of drug-likeness (QED) is 0.321. The molecular formula is C27H20ClN7O3S. The van der Waals surface area contributed by atoms with Crippen LogP contribution in [0.2, 0.25) is 5.02 Å². The Morgan fingerprint density at radius 3 is 2.69 bits per heavy atom. The number of thiophene rings is 1. The van der Waals surface area contributed by atoms with E-state index < -0.39 is 11.9 Å². The van der Waals surface area contributed by atoms with Crippen molar-refractivity contribution in [2.45, 2.75) is 19.0 Å². The highest BCUT2D eigenvalue weighted by molar-refractivity contribution is 7.12. The van der Waals surface area contributed by atoms with Crippen molar-refractivity contribution in [1.82, 2.24) is 24.3 Å². The number of hydrogen-bond donors (Lipinski definition) is 2. The van der Waals surface area contributed by atoms with Gasteiger partial charge in [0.15, 0.2) is 11.5 Å². The first-order chi connectivity index (χ1) is 19.0. The Bertz CT molecular complexity index is 1720. The average Bonchev–Trinajstić information content (AvgIpc) is 3.59. The summed E-state index contributed by atoms with van der Waals surface area (Å²) < 4.78 is 1.74. The molecule has 0 bridgehead atoms. The lowest BCUT2D eigenvalue weighted by molar-refractivity contribution is -0.120. The number of benzene rings is 1. The lowest BCUT2D eigenvalue weighted by Crippen LogP contribution is -2.46. The van der Waals surface area contributed by atoms with E-state index in [-0.39, 0.29) is 35.4 Å². The Morgan fingerprint density at radius 1 is 1.05 bits per heavy atom. The molecule has 1 unspecified atom stereocenters. The van der Waals surface area contributed by atoms with Crippen molar-refractivity contribution in [3.63, 3.8) is 0 Å². The standard InChI is InChI=1S/C27H20ClN7O3S/c28-19-13-16(4-5-18(19)25(36)33-23-24-31-9-11-34(24)10-8-30-23)15-35-21(14-17-3-1-2-7-29-17)26(37)32-20-6-12-39-22(20)27(35)38/h1-13,21H,14-15H2,(H,32,37)(H,30,33,36). The van der Waals surface area contributed by atoms with Gasteiger partial charge in [0.2, 0.25) is 5.91 Å². The fourth-order valence-electron chi connectivity index (χ4n) is 4.46. The number of hydrogen-bond acceptors (Lipinski definition) is 7. The van der Waals surface area contributed by atoms with Gasteiger partial charge in [0.05, 0.1) is 16.3 Å². The summed E-state index contributed by atoms with van der Waals surface area (Å²) in [7, 11) is 0. The Kier molecular flexibility index (Phi) is 6.51. The van der Waals surface area contributed by atoms with Gasteiger partial charge in [-0.15, -0.1) is 11.3 Å². The molecular weight excluding hydrogens is 538 g/mol. The van der Waals surface area contributed by atoms with Crippen LogP contribution in [0.3, 0.4) is 0 Å². The molecule has 0 fully saturated rings. The molecule has 1 atom stereocenters. The molecule has 0 saturated heterocycles. The smallest absolute Gasteiger partial charge is 0.267 e. The van der Waals surface area contributed by atoms with Crippen molar-refractivity contribution in [2.75, 3.05) is 10.6 Å². The molecule has 0 saturated carbocycles. The third kappa shape index (κ3) is 4.85. The number of pyridine rings is 1. The summed E-state index contributed by atoms with van der Waals surface area (Å²) >= 11 is 7.81. The Morgan fingerprint density at radius 2 is 1.90 bits per heavy atom. The van der Waals surface area contributed by atoms with Gasteiger partial charge < -0.3 is 19.9 Å². The van der Waals surface area contributed by atoms with Crippen LogP contribution in [0.4, 0.5) is 11.5 Å². The lowest BCUT2D eigenvalue weighted by atomic mass is 10.1. The number of carbonyl (C=O) groups excluding carboxylic acids is 3. The largest absolute Gasteiger partial charge is 0.323 e. The summed E-state index contributed by atoms with van der Waals surface area (Å²) in [5, 5.41) is 7.60. The molecule has 5 heterocycles. The normalized spacial score (nSPS) is 15.1. The molecule has 2 N–H and O–H groups in total. The summed E-state index contributed by atoms with van der Waals surface area (Å²) in [6.45, 7) is 0.109. The second-order valence-electron chi connectivity index (χ2n) is 8.83. The molecule has 0 spiro atoms. The van der Waals surface area contributed by atoms with Crippen molar-refractivity contribution >= 4 is 57.8 Å². The van der Waals surface area contributed by atoms with Crippen LogP contribution >= 0.6 is 22.9 Å². The van der Waals surface area contributed by atoms with Crippen molar-refractivity contribution < 1.29 is 14.4 Å². The second-order valence-corrected chi connectivity index (χ2v) is 10.2. The number of carbonyl (C=O) groups is 3. The number of rotatable bonds is 6. The molecule has 5 aromatic rings. The van der Waals surface area contributed by atoms with E-state index in [0.29, 0.717) is 33.3 Å². The molecule has 1 aromatic carbocycles. The molecule has 39 heavy (non-hydrogen) atoms. The molecule has 0 aliphatic carbocycles. The summed E-state index contributed by atoms with van der Waals surface area (Å²) in [5.41, 5.74) is 2.59. The maximum absolute atomic E-state index is 13.6. The van der Waals surface area contributed by atoms with Crippen LogP contribution in [0.5, 0.6) is 0 Å². The zero-order chi connectivity index (χ0) is 26.9. The first kappa shape index (κ1) is 24.7. The summed E-state index contributed by atoms with van der Waals surface area (Å²) in [4.78, 5) is 54.6. The SMILES string of the molecule is O=C(Nc1nccn2ccnc12)c1ccc(CN2C(=O)c3sccc3NC(=O)C2Cc2ccccn2)cc1Cl. The van der Waals surface area contributed by atoms with E-state index in [1.807, 2.05) is 12.1 Å². The van der Waals surface area contributed by atoms with Gasteiger partial charge in [-0.2, -0.15) is 0 Å². The van der Waals surface area contributed by atoms with Crippen LogP contribution in [0.1, 0.15) is 31.3 Å². The van der Waals surface area contributed by atoms with Gasteiger partial charge in [0.1, 0.15) is 10.9 Å². The lowest BCUT2D eigenvalue weighted by Gasteiger charge is -2.28. The van der Waals surface area contributed by atoms with E-state index in [4.69, 9.17) is 11.6 Å². The maximum Gasteiger partial charge on any atom is 0.267 e. The van der Waals surface area contributed by atoms with Crippen molar-refractivity contribution in [3.8, 4) is 0 Å². The third-order valence-corrected chi connectivity index (χ3v) is 7.58. The van der Waals surface area contributed by atoms with E-state index in [0.717, 1.165) is 0 Å². The van der Waals surface area contributed by atoms with Crippen LogP contribution < -0.4 is 10.6 Å². The van der Waals surface area contributed by atoms with Gasteiger partial charge in [-0.05, 0) is 41.3 Å². The maximum atomic E-state index is 13.6. The second kappa shape index (κ2) is 10.3. The van der Waals surface area contributed by atoms with Gasteiger partial charge in [0, 0.05) is 49.6 Å². The molecule has 1 aliphatic heterocycles. The molecule has 10 nitrogen and oxygen atoms in total. The Hall–Kier alpha value is -4.61. The first-order valence-corrected chi connectivity index (χ1v) is 13.2. The van der Waals surface area contributed by atoms with E-state index in [2.05, 4.69) is 25.6 Å². The van der Waals surface area contributed by atoms with Crippen LogP contribution in [-0.2, 0) is 17.8 Å². The zero-order valence-corrected chi connectivity index (χ0v) is 21.8. The van der Waals surface area contributed by atoms with Gasteiger partial charge in [-0.1, -0.05) is 23.7 Å². The van der Waals surface area contributed by atoms with Crippen LogP contribution in [0.25, 0.3) is 5.65 Å². The molecule has 6 rings (SSSR count). The van der Waals surface area contributed by atoms with Crippen LogP contribution in [0, 0.1) is 0 Å². The fourth-order valence-corrected chi connectivity index (χ4v) is 5.55. The topological polar surface area (TPSA) is 122 Å². The molecule has 4 aromatic heterocycles.